The first-order valence-electron chi connectivity index (χ1n) is 19.2. The Bertz CT molecular complexity index is 3230. The van der Waals surface area contributed by atoms with Gasteiger partial charge in [-0.1, -0.05) is 164 Å². The van der Waals surface area contributed by atoms with Crippen molar-refractivity contribution in [1.82, 2.24) is 0 Å². The lowest BCUT2D eigenvalue weighted by atomic mass is 9.95. The fourth-order valence-corrected chi connectivity index (χ4v) is 9.67. The molecule has 0 aliphatic rings. The van der Waals surface area contributed by atoms with Crippen LogP contribution in [0.25, 0.3) is 85.9 Å². The summed E-state index contributed by atoms with van der Waals surface area (Å²) in [7, 11) is 0. The van der Waals surface area contributed by atoms with E-state index in [4.69, 9.17) is 0 Å². The Labute approximate surface area is 330 Å². The van der Waals surface area contributed by atoms with E-state index in [0.29, 0.717) is 0 Å². The Balaban J connectivity index is 0.988. The number of anilines is 3. The zero-order valence-corrected chi connectivity index (χ0v) is 31.4. The fourth-order valence-electron chi connectivity index (χ4n) is 8.47. The Morgan fingerprint density at radius 2 is 0.839 bits per heavy atom. The lowest BCUT2D eigenvalue weighted by molar-refractivity contribution is 1.30. The van der Waals surface area contributed by atoms with Crippen LogP contribution < -0.4 is 4.90 Å². The first kappa shape index (κ1) is 32.4. The van der Waals surface area contributed by atoms with Crippen molar-refractivity contribution in [2.24, 2.45) is 0 Å². The van der Waals surface area contributed by atoms with Gasteiger partial charge in [0.2, 0.25) is 0 Å². The first-order chi connectivity index (χ1) is 27.7. The van der Waals surface area contributed by atoms with E-state index >= 15 is 0 Å². The van der Waals surface area contributed by atoms with E-state index in [9.17, 15) is 0 Å². The van der Waals surface area contributed by atoms with Crippen LogP contribution in [-0.4, -0.2) is 0 Å². The molecule has 10 aromatic carbocycles. The largest absolute Gasteiger partial charge is 0.309 e. The molecule has 0 aliphatic heterocycles. The Kier molecular flexibility index (Phi) is 7.75. The molecule has 0 radical (unpaired) electrons. The molecular formula is C54H35NS. The van der Waals surface area contributed by atoms with Gasteiger partial charge >= 0.3 is 0 Å². The molecule has 1 aromatic heterocycles. The van der Waals surface area contributed by atoms with Crippen LogP contribution in [0.2, 0.25) is 0 Å². The molecule has 11 rings (SSSR count). The average Bonchev–Trinajstić information content (AvgIpc) is 3.66. The maximum absolute atomic E-state index is 2.42. The highest BCUT2D eigenvalue weighted by Crippen LogP contribution is 2.45. The van der Waals surface area contributed by atoms with Gasteiger partial charge in [-0.25, -0.2) is 0 Å². The number of thiophene rings is 1. The second kappa shape index (κ2) is 13.4. The third kappa shape index (κ3) is 5.54. The summed E-state index contributed by atoms with van der Waals surface area (Å²) in [5, 5.41) is 10.2. The molecule has 0 saturated heterocycles. The second-order valence-corrected chi connectivity index (χ2v) is 15.6. The highest BCUT2D eigenvalue weighted by molar-refractivity contribution is 7.26. The smallest absolute Gasteiger partial charge is 0.0640 e. The highest BCUT2D eigenvalue weighted by atomic mass is 32.1. The lowest BCUT2D eigenvalue weighted by Crippen LogP contribution is -2.10. The van der Waals surface area contributed by atoms with Crippen molar-refractivity contribution in [3.63, 3.8) is 0 Å². The summed E-state index contributed by atoms with van der Waals surface area (Å²) < 4.78 is 2.59. The van der Waals surface area contributed by atoms with Gasteiger partial charge in [-0.05, 0) is 114 Å². The van der Waals surface area contributed by atoms with Crippen LogP contribution in [0.15, 0.2) is 212 Å². The van der Waals surface area contributed by atoms with Gasteiger partial charge in [0.25, 0.3) is 0 Å². The standard InChI is InChI=1S/C54H35NS/c1-2-10-36(11-3-1)40-26-32-48-42(34-40)20-21-43-35-41(27-33-49(43)48)37-22-28-44(29-23-37)55(52-18-9-17-51-50-15-6-7-19-53(50)56-54(51)52)45-30-24-39(25-31-45)47-16-8-13-38-12-4-5-14-46(38)47/h1-35H. The molecule has 1 heterocycles. The quantitative estimate of drug-likeness (QED) is 0.154. The summed E-state index contributed by atoms with van der Waals surface area (Å²) >= 11 is 1.87. The fraction of sp³-hybridized carbons (Fsp3) is 0. The first-order valence-corrected chi connectivity index (χ1v) is 20.0. The van der Waals surface area contributed by atoms with Crippen LogP contribution in [0.5, 0.6) is 0 Å². The Morgan fingerprint density at radius 1 is 0.304 bits per heavy atom. The van der Waals surface area contributed by atoms with E-state index < -0.39 is 0 Å². The molecule has 0 unspecified atom stereocenters. The van der Waals surface area contributed by atoms with Crippen molar-refractivity contribution in [3.05, 3.63) is 212 Å². The number of hydrogen-bond donors (Lipinski definition) is 0. The maximum atomic E-state index is 2.42. The molecule has 0 saturated carbocycles. The van der Waals surface area contributed by atoms with E-state index in [0.717, 1.165) is 11.4 Å². The third-order valence-electron chi connectivity index (χ3n) is 11.3. The van der Waals surface area contributed by atoms with Gasteiger partial charge < -0.3 is 4.90 Å². The van der Waals surface area contributed by atoms with Crippen LogP contribution in [0, 0.1) is 0 Å². The van der Waals surface area contributed by atoms with Gasteiger partial charge in [0.15, 0.2) is 0 Å². The zero-order chi connectivity index (χ0) is 37.0. The minimum Gasteiger partial charge on any atom is -0.309 e. The van der Waals surface area contributed by atoms with Gasteiger partial charge in [0, 0.05) is 26.8 Å². The third-order valence-corrected chi connectivity index (χ3v) is 12.5. The second-order valence-electron chi connectivity index (χ2n) is 14.5. The number of benzene rings is 10. The monoisotopic (exact) mass is 729 g/mol. The Hall–Kier alpha value is -7.00. The number of hydrogen-bond acceptors (Lipinski definition) is 2. The normalized spacial score (nSPS) is 11.6. The van der Waals surface area contributed by atoms with Crippen molar-refractivity contribution >= 4 is 80.9 Å². The van der Waals surface area contributed by atoms with Crippen molar-refractivity contribution in [2.75, 3.05) is 4.90 Å². The van der Waals surface area contributed by atoms with E-state index in [2.05, 4.69) is 217 Å². The summed E-state index contributed by atoms with van der Waals surface area (Å²) in [6.45, 7) is 0. The van der Waals surface area contributed by atoms with E-state index in [-0.39, 0.29) is 0 Å². The van der Waals surface area contributed by atoms with Gasteiger partial charge in [-0.2, -0.15) is 0 Å². The zero-order valence-electron chi connectivity index (χ0n) is 30.6. The lowest BCUT2D eigenvalue weighted by Gasteiger charge is -2.26. The van der Waals surface area contributed by atoms with Crippen LogP contribution >= 0.6 is 11.3 Å². The molecule has 262 valence electrons. The van der Waals surface area contributed by atoms with Gasteiger partial charge in [0.1, 0.15) is 0 Å². The van der Waals surface area contributed by atoms with Crippen LogP contribution in [-0.2, 0) is 0 Å². The summed E-state index contributed by atoms with van der Waals surface area (Å²) in [6.07, 6.45) is 0. The van der Waals surface area contributed by atoms with E-state index in [1.165, 1.54) is 91.6 Å². The van der Waals surface area contributed by atoms with Crippen LogP contribution in [0.3, 0.4) is 0 Å². The molecule has 56 heavy (non-hydrogen) atoms. The molecule has 0 bridgehead atoms. The van der Waals surface area contributed by atoms with Gasteiger partial charge in [0.05, 0.1) is 10.4 Å². The predicted octanol–water partition coefficient (Wildman–Crippen LogP) is 16.0. The van der Waals surface area contributed by atoms with Crippen LogP contribution in [0.4, 0.5) is 17.1 Å². The molecule has 11 aromatic rings. The van der Waals surface area contributed by atoms with Crippen molar-refractivity contribution in [3.8, 4) is 33.4 Å². The molecule has 0 spiro atoms. The molecule has 0 amide bonds. The molecular weight excluding hydrogens is 695 g/mol. The molecule has 0 atom stereocenters. The average molecular weight is 730 g/mol. The predicted molar refractivity (Wildman–Crippen MR) is 243 cm³/mol. The van der Waals surface area contributed by atoms with E-state index in [1.54, 1.807) is 0 Å². The summed E-state index contributed by atoms with van der Waals surface area (Å²) in [6, 6.07) is 77.7. The highest BCUT2D eigenvalue weighted by Gasteiger charge is 2.19. The van der Waals surface area contributed by atoms with Crippen molar-refractivity contribution in [1.29, 1.82) is 0 Å². The topological polar surface area (TPSA) is 3.24 Å². The van der Waals surface area contributed by atoms with E-state index in [1.807, 2.05) is 11.3 Å². The van der Waals surface area contributed by atoms with Crippen molar-refractivity contribution in [2.45, 2.75) is 0 Å². The molecule has 2 heteroatoms. The number of nitrogens with zero attached hydrogens (tertiary/aromatic N) is 1. The molecule has 0 N–H and O–H groups in total. The maximum Gasteiger partial charge on any atom is 0.0640 e. The SMILES string of the molecule is c1ccc(-c2ccc3c(ccc4cc(-c5ccc(N(c6ccc(-c7cccc8ccccc78)cc6)c6cccc7c6sc6ccccc67)cc5)ccc43)c2)cc1. The summed E-state index contributed by atoms with van der Waals surface area (Å²) in [4.78, 5) is 2.42. The van der Waals surface area contributed by atoms with Crippen molar-refractivity contribution < 1.29 is 0 Å². The van der Waals surface area contributed by atoms with Gasteiger partial charge in [-0.15, -0.1) is 11.3 Å². The number of rotatable bonds is 6. The minimum absolute atomic E-state index is 1.12. The van der Waals surface area contributed by atoms with Crippen LogP contribution in [0.1, 0.15) is 0 Å². The Morgan fingerprint density at radius 3 is 1.55 bits per heavy atom. The summed E-state index contributed by atoms with van der Waals surface area (Å²) in [5.41, 5.74) is 10.8. The molecule has 0 fully saturated rings. The minimum atomic E-state index is 1.12. The molecule has 1 nitrogen and oxygen atoms in total. The molecule has 0 aliphatic carbocycles. The summed E-state index contributed by atoms with van der Waals surface area (Å²) in [5.74, 6) is 0. The number of fused-ring (bicyclic) bond motifs is 7. The van der Waals surface area contributed by atoms with Gasteiger partial charge in [-0.3, -0.25) is 0 Å².